The summed E-state index contributed by atoms with van der Waals surface area (Å²) in [6.07, 6.45) is 0.0867. The SMILES string of the molecule is CCC(CC(=O)O)NC(=O)c1ccccc1SC(F)(F)F. The largest absolute Gasteiger partial charge is 0.481 e. The molecule has 0 aliphatic carbocycles. The molecule has 1 aromatic carbocycles. The van der Waals surface area contributed by atoms with Crippen molar-refractivity contribution < 1.29 is 27.9 Å². The van der Waals surface area contributed by atoms with Gasteiger partial charge in [-0.25, -0.2) is 0 Å². The summed E-state index contributed by atoms with van der Waals surface area (Å²) in [7, 11) is 0. The third-order valence-electron chi connectivity index (χ3n) is 2.61. The summed E-state index contributed by atoms with van der Waals surface area (Å²) in [5, 5.41) is 11.1. The van der Waals surface area contributed by atoms with Crippen LogP contribution >= 0.6 is 11.8 Å². The highest BCUT2D eigenvalue weighted by Crippen LogP contribution is 2.38. The molecular formula is C13H14F3NO3S. The van der Waals surface area contributed by atoms with E-state index in [2.05, 4.69) is 5.32 Å². The van der Waals surface area contributed by atoms with Crippen LogP contribution in [-0.4, -0.2) is 28.5 Å². The number of carbonyl (C=O) groups is 2. The number of amides is 1. The number of alkyl halides is 3. The molecule has 8 heteroatoms. The van der Waals surface area contributed by atoms with E-state index in [1.165, 1.54) is 24.3 Å². The van der Waals surface area contributed by atoms with Crippen molar-refractivity contribution in [2.45, 2.75) is 36.2 Å². The van der Waals surface area contributed by atoms with Gasteiger partial charge >= 0.3 is 11.5 Å². The summed E-state index contributed by atoms with van der Waals surface area (Å²) in [5.74, 6) is -1.80. The maximum absolute atomic E-state index is 12.4. The van der Waals surface area contributed by atoms with E-state index >= 15 is 0 Å². The Morgan fingerprint density at radius 1 is 1.33 bits per heavy atom. The molecule has 1 atom stereocenters. The van der Waals surface area contributed by atoms with Gasteiger partial charge in [0, 0.05) is 10.9 Å². The van der Waals surface area contributed by atoms with Crippen LogP contribution in [0.1, 0.15) is 30.1 Å². The zero-order valence-electron chi connectivity index (χ0n) is 11.1. The van der Waals surface area contributed by atoms with Gasteiger partial charge in [-0.15, -0.1) is 0 Å². The fraction of sp³-hybridized carbons (Fsp3) is 0.385. The van der Waals surface area contributed by atoms with Crippen molar-refractivity contribution in [3.8, 4) is 0 Å². The summed E-state index contributed by atoms with van der Waals surface area (Å²) in [6, 6.07) is 4.70. The van der Waals surface area contributed by atoms with Crippen molar-refractivity contribution in [1.82, 2.24) is 5.32 Å². The molecule has 0 aliphatic heterocycles. The minimum atomic E-state index is -4.50. The predicted octanol–water partition coefficient (Wildman–Crippen LogP) is 3.28. The molecule has 1 rings (SSSR count). The Morgan fingerprint density at radius 3 is 2.48 bits per heavy atom. The first-order valence-corrected chi connectivity index (χ1v) is 6.92. The molecular weight excluding hydrogens is 307 g/mol. The second-order valence-corrected chi connectivity index (χ2v) is 5.33. The van der Waals surface area contributed by atoms with Gasteiger partial charge in [0.05, 0.1) is 12.0 Å². The molecule has 0 saturated heterocycles. The van der Waals surface area contributed by atoms with Crippen molar-refractivity contribution in [3.05, 3.63) is 29.8 Å². The maximum Gasteiger partial charge on any atom is 0.446 e. The van der Waals surface area contributed by atoms with Gasteiger partial charge < -0.3 is 10.4 Å². The summed E-state index contributed by atoms with van der Waals surface area (Å²) < 4.78 is 37.3. The van der Waals surface area contributed by atoms with Crippen molar-refractivity contribution in [1.29, 1.82) is 0 Å². The molecule has 0 radical (unpaired) electrons. The number of hydrogen-bond donors (Lipinski definition) is 2. The van der Waals surface area contributed by atoms with E-state index in [0.717, 1.165) is 0 Å². The minimum absolute atomic E-state index is 0.122. The highest BCUT2D eigenvalue weighted by atomic mass is 32.2. The standard InChI is InChI=1S/C13H14F3NO3S/c1-2-8(7-11(18)19)17-12(20)9-5-3-4-6-10(9)21-13(14,15)16/h3-6,8H,2,7H2,1H3,(H,17,20)(H,18,19). The Balaban J connectivity index is 2.89. The van der Waals surface area contributed by atoms with E-state index in [1.54, 1.807) is 6.92 Å². The van der Waals surface area contributed by atoms with Gasteiger partial charge in [-0.3, -0.25) is 9.59 Å². The molecule has 0 heterocycles. The molecule has 0 aromatic heterocycles. The maximum atomic E-state index is 12.4. The Hall–Kier alpha value is -1.70. The molecule has 116 valence electrons. The smallest absolute Gasteiger partial charge is 0.446 e. The Bertz CT molecular complexity index is 520. The van der Waals surface area contributed by atoms with E-state index in [0.29, 0.717) is 6.42 Å². The Labute approximate surface area is 123 Å². The van der Waals surface area contributed by atoms with Gasteiger partial charge in [0.25, 0.3) is 5.91 Å². The number of carboxylic acids is 1. The number of halogens is 3. The number of carboxylic acid groups (broad SMARTS) is 1. The van der Waals surface area contributed by atoms with Crippen LogP contribution in [0.3, 0.4) is 0 Å². The summed E-state index contributed by atoms with van der Waals surface area (Å²) in [5.41, 5.74) is -4.62. The van der Waals surface area contributed by atoms with Gasteiger partial charge in [0.2, 0.25) is 0 Å². The summed E-state index contributed by atoms with van der Waals surface area (Å²) in [6.45, 7) is 1.68. The molecule has 0 spiro atoms. The van der Waals surface area contributed by atoms with Gasteiger partial charge in [-0.2, -0.15) is 13.2 Å². The molecule has 1 unspecified atom stereocenters. The van der Waals surface area contributed by atoms with Crippen molar-refractivity contribution in [3.63, 3.8) is 0 Å². The molecule has 4 nitrogen and oxygen atoms in total. The fourth-order valence-corrected chi connectivity index (χ4v) is 2.31. The van der Waals surface area contributed by atoms with Crippen LogP contribution in [0.15, 0.2) is 29.2 Å². The van der Waals surface area contributed by atoms with Gasteiger partial charge in [0.1, 0.15) is 0 Å². The summed E-state index contributed by atoms with van der Waals surface area (Å²) >= 11 is -0.373. The topological polar surface area (TPSA) is 66.4 Å². The van der Waals surface area contributed by atoms with E-state index < -0.39 is 23.4 Å². The lowest BCUT2D eigenvalue weighted by molar-refractivity contribution is -0.137. The van der Waals surface area contributed by atoms with E-state index in [-0.39, 0.29) is 28.6 Å². The zero-order valence-corrected chi connectivity index (χ0v) is 11.9. The second kappa shape index (κ2) is 7.35. The number of thioether (sulfide) groups is 1. The number of nitrogens with one attached hydrogen (secondary N) is 1. The van der Waals surface area contributed by atoms with E-state index in [4.69, 9.17) is 5.11 Å². The molecule has 0 fully saturated rings. The van der Waals surface area contributed by atoms with Crippen LogP contribution in [0.25, 0.3) is 0 Å². The summed E-state index contributed by atoms with van der Waals surface area (Å²) in [4.78, 5) is 22.4. The number of aliphatic carboxylic acids is 1. The molecule has 2 N–H and O–H groups in total. The number of carbonyl (C=O) groups excluding carboxylic acids is 1. The Morgan fingerprint density at radius 2 is 1.95 bits per heavy atom. The molecule has 0 aliphatic rings. The van der Waals surface area contributed by atoms with E-state index in [9.17, 15) is 22.8 Å². The van der Waals surface area contributed by atoms with Crippen LogP contribution < -0.4 is 5.32 Å². The highest BCUT2D eigenvalue weighted by molar-refractivity contribution is 8.00. The van der Waals surface area contributed by atoms with Crippen molar-refractivity contribution >= 4 is 23.6 Å². The predicted molar refractivity (Wildman–Crippen MR) is 72.2 cm³/mol. The van der Waals surface area contributed by atoms with Crippen LogP contribution in [0.4, 0.5) is 13.2 Å². The lowest BCUT2D eigenvalue weighted by atomic mass is 10.1. The van der Waals surface area contributed by atoms with Crippen LogP contribution in [0.2, 0.25) is 0 Å². The van der Waals surface area contributed by atoms with Crippen LogP contribution in [-0.2, 0) is 4.79 Å². The zero-order chi connectivity index (χ0) is 16.0. The third kappa shape index (κ3) is 6.07. The lowest BCUT2D eigenvalue weighted by Crippen LogP contribution is -2.36. The van der Waals surface area contributed by atoms with E-state index in [1.807, 2.05) is 0 Å². The number of benzene rings is 1. The average molecular weight is 321 g/mol. The number of hydrogen-bond acceptors (Lipinski definition) is 3. The molecule has 0 saturated carbocycles. The van der Waals surface area contributed by atoms with Gasteiger partial charge in [-0.1, -0.05) is 19.1 Å². The third-order valence-corrected chi connectivity index (χ3v) is 3.41. The second-order valence-electron chi connectivity index (χ2n) is 4.22. The first-order chi connectivity index (χ1) is 9.73. The molecule has 1 aromatic rings. The highest BCUT2D eigenvalue weighted by Gasteiger charge is 2.31. The van der Waals surface area contributed by atoms with Gasteiger partial charge in [-0.05, 0) is 30.3 Å². The minimum Gasteiger partial charge on any atom is -0.481 e. The monoisotopic (exact) mass is 321 g/mol. The first-order valence-electron chi connectivity index (χ1n) is 6.10. The van der Waals surface area contributed by atoms with Crippen LogP contribution in [0.5, 0.6) is 0 Å². The van der Waals surface area contributed by atoms with Crippen molar-refractivity contribution in [2.24, 2.45) is 0 Å². The fourth-order valence-electron chi connectivity index (χ4n) is 1.64. The van der Waals surface area contributed by atoms with Crippen LogP contribution in [0, 0.1) is 0 Å². The first kappa shape index (κ1) is 17.4. The average Bonchev–Trinajstić information content (AvgIpc) is 2.35. The van der Waals surface area contributed by atoms with Crippen molar-refractivity contribution in [2.75, 3.05) is 0 Å². The molecule has 1 amide bonds. The normalized spacial score (nSPS) is 12.8. The Kier molecular flexibility index (Phi) is 6.07. The molecule has 0 bridgehead atoms. The molecule has 21 heavy (non-hydrogen) atoms. The lowest BCUT2D eigenvalue weighted by Gasteiger charge is -2.16. The number of rotatable bonds is 6. The van der Waals surface area contributed by atoms with Gasteiger partial charge in [0.15, 0.2) is 0 Å². The quantitative estimate of drug-likeness (QED) is 0.789.